The predicted molar refractivity (Wildman–Crippen MR) is 92.9 cm³/mol. The summed E-state index contributed by atoms with van der Waals surface area (Å²) in [5, 5.41) is 0. The third-order valence-corrected chi connectivity index (χ3v) is 4.27. The first-order valence-corrected chi connectivity index (χ1v) is 6.94. The minimum absolute atomic E-state index is 0. The number of fused-ring (bicyclic) bond motifs is 1. The summed E-state index contributed by atoms with van der Waals surface area (Å²) in [6.45, 7) is 9.74. The van der Waals surface area contributed by atoms with Crippen LogP contribution in [0.4, 0.5) is 5.69 Å². The Morgan fingerprint density at radius 3 is 2.65 bits per heavy atom. The van der Waals surface area contributed by atoms with Crippen LogP contribution in [0, 0.1) is 0 Å². The summed E-state index contributed by atoms with van der Waals surface area (Å²) in [5.74, 6) is -0.199. The van der Waals surface area contributed by atoms with Gasteiger partial charge in [0.25, 0.3) is 0 Å². The van der Waals surface area contributed by atoms with E-state index < -0.39 is 0 Å². The van der Waals surface area contributed by atoms with Crippen molar-refractivity contribution in [3.8, 4) is 0 Å². The van der Waals surface area contributed by atoms with Crippen molar-refractivity contribution in [3.05, 3.63) is 29.8 Å². The minimum Gasteiger partial charge on any atom is -0.466 e. The minimum atomic E-state index is -0.199. The van der Waals surface area contributed by atoms with Crippen molar-refractivity contribution in [3.63, 3.8) is 0 Å². The van der Waals surface area contributed by atoms with Gasteiger partial charge in [-0.25, -0.2) is 0 Å². The molecular formula is C16H24INO2. The number of esters is 1. The van der Waals surface area contributed by atoms with E-state index in [0.717, 1.165) is 13.0 Å². The average molecular weight is 389 g/mol. The molecule has 0 saturated carbocycles. The monoisotopic (exact) mass is 389 g/mol. The van der Waals surface area contributed by atoms with Crippen LogP contribution in [0.5, 0.6) is 0 Å². The zero-order valence-electron chi connectivity index (χ0n) is 12.7. The Morgan fingerprint density at radius 1 is 1.35 bits per heavy atom. The number of halogens is 1. The topological polar surface area (TPSA) is 29.5 Å². The van der Waals surface area contributed by atoms with E-state index in [-0.39, 0.29) is 35.4 Å². The normalized spacial score (nSPS) is 19.2. The van der Waals surface area contributed by atoms with Crippen molar-refractivity contribution in [2.75, 3.05) is 18.1 Å². The third kappa shape index (κ3) is 3.27. The summed E-state index contributed by atoms with van der Waals surface area (Å²) < 4.78 is 5.01. The molecule has 0 spiro atoms. The zero-order valence-corrected chi connectivity index (χ0v) is 15.0. The maximum absolute atomic E-state index is 10.8. The Bertz CT molecular complexity index is 473. The fourth-order valence-corrected chi connectivity index (χ4v) is 2.86. The quantitative estimate of drug-likeness (QED) is 0.446. The predicted octanol–water partition coefficient (Wildman–Crippen LogP) is 3.74. The molecule has 3 nitrogen and oxygen atoms in total. The van der Waals surface area contributed by atoms with Crippen LogP contribution in [0.15, 0.2) is 24.3 Å². The molecule has 0 aliphatic carbocycles. The molecule has 112 valence electrons. The van der Waals surface area contributed by atoms with E-state index >= 15 is 0 Å². The lowest BCUT2D eigenvalue weighted by Gasteiger charge is -2.31. The second-order valence-electron chi connectivity index (χ2n) is 5.80. The van der Waals surface area contributed by atoms with Crippen LogP contribution in [-0.4, -0.2) is 25.2 Å². The highest BCUT2D eigenvalue weighted by Crippen LogP contribution is 2.44. The van der Waals surface area contributed by atoms with Gasteiger partial charge in [0, 0.05) is 30.6 Å². The summed E-state index contributed by atoms with van der Waals surface area (Å²) in [5.41, 5.74) is 2.90. The Kier molecular flexibility index (Phi) is 5.86. The number of anilines is 1. The number of para-hydroxylation sites is 1. The van der Waals surface area contributed by atoms with E-state index in [9.17, 15) is 4.79 Å². The van der Waals surface area contributed by atoms with Crippen molar-refractivity contribution in [1.82, 2.24) is 0 Å². The lowest BCUT2D eigenvalue weighted by molar-refractivity contribution is -0.140. The van der Waals surface area contributed by atoms with Gasteiger partial charge >= 0.3 is 5.97 Å². The molecule has 2 rings (SSSR count). The second-order valence-corrected chi connectivity index (χ2v) is 5.80. The van der Waals surface area contributed by atoms with E-state index in [1.165, 1.54) is 18.2 Å². The number of hydrogen-bond donors (Lipinski definition) is 0. The van der Waals surface area contributed by atoms with Crippen LogP contribution in [0.3, 0.4) is 0 Å². The molecule has 0 saturated heterocycles. The molecule has 0 N–H and O–H groups in total. The van der Waals surface area contributed by atoms with Crippen LogP contribution in [0.2, 0.25) is 0 Å². The highest BCUT2D eigenvalue weighted by molar-refractivity contribution is 14.0. The highest BCUT2D eigenvalue weighted by atomic mass is 127. The molecule has 0 radical (unpaired) electrons. The molecule has 0 fully saturated rings. The number of nitrogens with zero attached hydrogens (tertiary/aromatic N) is 1. The van der Waals surface area contributed by atoms with Crippen molar-refractivity contribution in [1.29, 1.82) is 0 Å². The zero-order chi connectivity index (χ0) is 14.0. The van der Waals surface area contributed by atoms with Crippen LogP contribution < -0.4 is 4.90 Å². The van der Waals surface area contributed by atoms with Gasteiger partial charge in [0.1, 0.15) is 0 Å². The summed E-state index contributed by atoms with van der Waals surface area (Å²) in [4.78, 5) is 13.2. The lowest BCUT2D eigenvalue weighted by atomic mass is 9.81. The molecule has 4 heteroatoms. The lowest BCUT2D eigenvalue weighted by Crippen LogP contribution is -2.39. The molecule has 1 aromatic carbocycles. The number of hydrogen-bond acceptors (Lipinski definition) is 3. The Balaban J connectivity index is 0.00000200. The van der Waals surface area contributed by atoms with Crippen LogP contribution in [-0.2, 0) is 14.9 Å². The summed E-state index contributed by atoms with van der Waals surface area (Å²) in [7, 11) is 0. The first-order chi connectivity index (χ1) is 8.94. The van der Waals surface area contributed by atoms with Gasteiger partial charge in [-0.2, -0.15) is 0 Å². The number of carbonyl (C=O) groups excluding carboxylic acids is 1. The summed E-state index contributed by atoms with van der Waals surface area (Å²) >= 11 is 0. The van der Waals surface area contributed by atoms with Crippen LogP contribution >= 0.6 is 24.0 Å². The molecule has 1 unspecified atom stereocenters. The SMILES string of the molecule is CC(=O)OCCCN1c2ccccc2C(C)(C)C1C.I. The Morgan fingerprint density at radius 2 is 2.00 bits per heavy atom. The molecule has 1 atom stereocenters. The smallest absolute Gasteiger partial charge is 0.302 e. The molecule has 0 amide bonds. The van der Waals surface area contributed by atoms with E-state index in [2.05, 4.69) is 49.9 Å². The number of carbonyl (C=O) groups is 1. The second kappa shape index (κ2) is 6.78. The van der Waals surface area contributed by atoms with Crippen LogP contribution in [0.1, 0.15) is 39.7 Å². The fourth-order valence-electron chi connectivity index (χ4n) is 2.86. The van der Waals surface area contributed by atoms with Crippen molar-refractivity contribution >= 4 is 35.6 Å². The van der Waals surface area contributed by atoms with Gasteiger partial charge in [0.15, 0.2) is 0 Å². The first-order valence-electron chi connectivity index (χ1n) is 6.94. The maximum Gasteiger partial charge on any atom is 0.302 e. The van der Waals surface area contributed by atoms with E-state index in [1.807, 2.05) is 0 Å². The standard InChI is InChI=1S/C16H23NO2.HI/c1-12-16(3,4)14-8-5-6-9-15(14)17(12)10-7-11-19-13(2)18;/h5-6,8-9,12H,7,10-11H2,1-4H3;1H. The van der Waals surface area contributed by atoms with Gasteiger partial charge in [-0.05, 0) is 25.0 Å². The molecule has 1 aliphatic rings. The molecule has 0 aromatic heterocycles. The van der Waals surface area contributed by atoms with E-state index in [0.29, 0.717) is 12.6 Å². The molecule has 20 heavy (non-hydrogen) atoms. The number of ether oxygens (including phenoxy) is 1. The van der Waals surface area contributed by atoms with E-state index in [4.69, 9.17) is 4.74 Å². The average Bonchev–Trinajstić information content (AvgIpc) is 2.55. The number of benzene rings is 1. The first kappa shape index (κ1) is 17.3. The fraction of sp³-hybridized carbons (Fsp3) is 0.562. The van der Waals surface area contributed by atoms with Crippen molar-refractivity contribution in [2.45, 2.75) is 45.6 Å². The van der Waals surface area contributed by atoms with Gasteiger partial charge in [0.2, 0.25) is 0 Å². The third-order valence-electron chi connectivity index (χ3n) is 4.27. The van der Waals surface area contributed by atoms with Gasteiger partial charge in [-0.15, -0.1) is 24.0 Å². The number of rotatable bonds is 4. The largest absolute Gasteiger partial charge is 0.466 e. The molecule has 0 bridgehead atoms. The van der Waals surface area contributed by atoms with Crippen molar-refractivity contribution < 1.29 is 9.53 Å². The highest BCUT2D eigenvalue weighted by Gasteiger charge is 2.40. The summed E-state index contributed by atoms with van der Waals surface area (Å²) in [6.07, 6.45) is 0.869. The van der Waals surface area contributed by atoms with E-state index in [1.54, 1.807) is 0 Å². The van der Waals surface area contributed by atoms with Gasteiger partial charge in [0.05, 0.1) is 6.61 Å². The van der Waals surface area contributed by atoms with Crippen LogP contribution in [0.25, 0.3) is 0 Å². The molecule has 1 aliphatic heterocycles. The van der Waals surface area contributed by atoms with Gasteiger partial charge < -0.3 is 9.64 Å². The maximum atomic E-state index is 10.8. The summed E-state index contributed by atoms with van der Waals surface area (Å²) in [6, 6.07) is 9.06. The van der Waals surface area contributed by atoms with Crippen molar-refractivity contribution in [2.24, 2.45) is 0 Å². The molecule has 1 heterocycles. The van der Waals surface area contributed by atoms with Gasteiger partial charge in [-0.1, -0.05) is 32.0 Å². The Hall–Kier alpha value is -0.780. The Labute approximate surface area is 138 Å². The van der Waals surface area contributed by atoms with Gasteiger partial charge in [-0.3, -0.25) is 4.79 Å². The molecular weight excluding hydrogens is 365 g/mol. The molecule has 1 aromatic rings.